The number of hydrogen-bond acceptors (Lipinski definition) is 3. The van der Waals surface area contributed by atoms with Crippen molar-refractivity contribution >= 4 is 22.8 Å². The maximum absolute atomic E-state index is 12.6. The minimum atomic E-state index is -0.338. The molecule has 1 fully saturated rings. The molecule has 2 heterocycles. The number of rotatable bonds is 7. The number of furan rings is 1. The summed E-state index contributed by atoms with van der Waals surface area (Å²) in [5.41, 5.74) is 1.78. The van der Waals surface area contributed by atoms with Crippen LogP contribution in [0.4, 0.5) is 0 Å². The molecule has 1 atom stereocenters. The first-order chi connectivity index (χ1) is 13.7. The van der Waals surface area contributed by atoms with E-state index in [1.807, 2.05) is 65.6 Å². The van der Waals surface area contributed by atoms with Crippen LogP contribution >= 0.6 is 0 Å². The van der Waals surface area contributed by atoms with E-state index in [9.17, 15) is 9.59 Å². The van der Waals surface area contributed by atoms with Gasteiger partial charge in [-0.1, -0.05) is 48.5 Å². The van der Waals surface area contributed by atoms with Crippen molar-refractivity contribution in [2.75, 3.05) is 13.1 Å². The van der Waals surface area contributed by atoms with Crippen LogP contribution in [-0.4, -0.2) is 29.8 Å². The fourth-order valence-electron chi connectivity index (χ4n) is 3.71. The zero-order valence-electron chi connectivity index (χ0n) is 15.8. The van der Waals surface area contributed by atoms with Crippen LogP contribution in [0, 0.1) is 0 Å². The molecule has 0 bridgehead atoms. The molecule has 0 spiro atoms. The van der Waals surface area contributed by atoms with E-state index in [2.05, 4.69) is 5.32 Å². The smallest absolute Gasteiger partial charge is 0.222 e. The Bertz CT molecular complexity index is 931. The number of likely N-dealkylation sites (tertiary alicyclic amines) is 1. The number of amides is 2. The van der Waals surface area contributed by atoms with Crippen LogP contribution < -0.4 is 5.32 Å². The molecule has 0 saturated carbocycles. The second kappa shape index (κ2) is 8.30. The summed E-state index contributed by atoms with van der Waals surface area (Å²) in [4.78, 5) is 26.2. The van der Waals surface area contributed by atoms with Crippen molar-refractivity contribution in [1.29, 1.82) is 0 Å². The molecule has 1 aromatic heterocycles. The zero-order valence-corrected chi connectivity index (χ0v) is 15.8. The quantitative estimate of drug-likeness (QED) is 0.677. The second-order valence-electron chi connectivity index (χ2n) is 7.19. The predicted molar refractivity (Wildman–Crippen MR) is 108 cm³/mol. The van der Waals surface area contributed by atoms with Crippen LogP contribution in [0.3, 0.4) is 0 Å². The van der Waals surface area contributed by atoms with Gasteiger partial charge in [0.05, 0.1) is 0 Å². The molecule has 5 heteroatoms. The highest BCUT2D eigenvalue weighted by atomic mass is 16.3. The van der Waals surface area contributed by atoms with E-state index in [1.54, 1.807) is 0 Å². The summed E-state index contributed by atoms with van der Waals surface area (Å²) < 4.78 is 6.02. The van der Waals surface area contributed by atoms with E-state index < -0.39 is 0 Å². The third-order valence-electron chi connectivity index (χ3n) is 5.17. The molecule has 28 heavy (non-hydrogen) atoms. The van der Waals surface area contributed by atoms with E-state index in [1.165, 1.54) is 0 Å². The van der Waals surface area contributed by atoms with Crippen molar-refractivity contribution in [3.63, 3.8) is 0 Å². The Hall–Kier alpha value is -3.08. The summed E-state index contributed by atoms with van der Waals surface area (Å²) >= 11 is 0. The van der Waals surface area contributed by atoms with Crippen molar-refractivity contribution in [3.8, 4) is 0 Å². The Labute approximate surface area is 164 Å². The van der Waals surface area contributed by atoms with Gasteiger partial charge in [0, 0.05) is 31.3 Å². The van der Waals surface area contributed by atoms with Crippen molar-refractivity contribution in [2.24, 2.45) is 0 Å². The largest absolute Gasteiger partial charge is 0.459 e. The number of nitrogens with zero attached hydrogens (tertiary/aromatic N) is 1. The van der Waals surface area contributed by atoms with Crippen molar-refractivity contribution in [2.45, 2.75) is 31.7 Å². The molecule has 1 saturated heterocycles. The van der Waals surface area contributed by atoms with Gasteiger partial charge in [0.25, 0.3) is 0 Å². The number of hydrogen-bond donors (Lipinski definition) is 1. The van der Waals surface area contributed by atoms with E-state index in [-0.39, 0.29) is 17.9 Å². The van der Waals surface area contributed by atoms with Gasteiger partial charge in [-0.3, -0.25) is 9.59 Å². The Balaban J connectivity index is 1.46. The van der Waals surface area contributed by atoms with E-state index in [4.69, 9.17) is 4.42 Å². The molecule has 5 nitrogen and oxygen atoms in total. The lowest BCUT2D eigenvalue weighted by atomic mass is 10.0. The lowest BCUT2D eigenvalue weighted by Gasteiger charge is -2.18. The van der Waals surface area contributed by atoms with E-state index in [0.717, 1.165) is 35.3 Å². The number of fused-ring (bicyclic) bond motifs is 1. The lowest BCUT2D eigenvalue weighted by molar-refractivity contribution is -0.128. The molecule has 2 amide bonds. The van der Waals surface area contributed by atoms with Gasteiger partial charge in [0.1, 0.15) is 17.4 Å². The topological polar surface area (TPSA) is 62.6 Å². The number of benzene rings is 2. The van der Waals surface area contributed by atoms with Crippen molar-refractivity contribution in [3.05, 3.63) is 72.0 Å². The Kier molecular flexibility index (Phi) is 5.42. The maximum atomic E-state index is 12.6. The summed E-state index contributed by atoms with van der Waals surface area (Å²) in [6.07, 6.45) is 2.61. The van der Waals surface area contributed by atoms with Crippen LogP contribution in [0.15, 0.2) is 65.1 Å². The molecule has 4 rings (SSSR count). The molecule has 3 aromatic rings. The molecule has 1 unspecified atom stereocenters. The molecule has 0 aliphatic carbocycles. The number of para-hydroxylation sites is 1. The predicted octanol–water partition coefficient (Wildman–Crippen LogP) is 4.04. The molecule has 2 aromatic carbocycles. The van der Waals surface area contributed by atoms with Gasteiger partial charge >= 0.3 is 0 Å². The van der Waals surface area contributed by atoms with Crippen LogP contribution in [0.1, 0.15) is 43.0 Å². The summed E-state index contributed by atoms with van der Waals surface area (Å²) in [5.74, 6) is 0.876. The molecular weight excluding hydrogens is 352 g/mol. The van der Waals surface area contributed by atoms with E-state index in [0.29, 0.717) is 25.8 Å². The van der Waals surface area contributed by atoms with Crippen LogP contribution in [0.25, 0.3) is 11.0 Å². The van der Waals surface area contributed by atoms with Crippen molar-refractivity contribution in [1.82, 2.24) is 10.2 Å². The Morgan fingerprint density at radius 3 is 2.64 bits per heavy atom. The Morgan fingerprint density at radius 1 is 1.11 bits per heavy atom. The first-order valence-electron chi connectivity index (χ1n) is 9.81. The number of nitrogens with one attached hydrogen (secondary N) is 1. The minimum absolute atomic E-state index is 0.0408. The van der Waals surface area contributed by atoms with Crippen molar-refractivity contribution < 1.29 is 14.0 Å². The van der Waals surface area contributed by atoms with Gasteiger partial charge in [-0.05, 0) is 30.5 Å². The molecule has 0 radical (unpaired) electrons. The Morgan fingerprint density at radius 2 is 1.89 bits per heavy atom. The van der Waals surface area contributed by atoms with Gasteiger partial charge in [0.15, 0.2) is 0 Å². The SMILES string of the molecule is O=C(CCCN1CCCC1=O)NC(c1ccccc1)c1cc2ccccc2o1. The zero-order chi connectivity index (χ0) is 19.3. The fraction of sp³-hybridized carbons (Fsp3) is 0.304. The third-order valence-corrected chi connectivity index (χ3v) is 5.17. The van der Waals surface area contributed by atoms with Gasteiger partial charge in [0.2, 0.25) is 11.8 Å². The summed E-state index contributed by atoms with van der Waals surface area (Å²) in [5, 5.41) is 4.13. The maximum Gasteiger partial charge on any atom is 0.222 e. The summed E-state index contributed by atoms with van der Waals surface area (Å²) in [6.45, 7) is 1.46. The van der Waals surface area contributed by atoms with Crippen LogP contribution in [0.2, 0.25) is 0 Å². The van der Waals surface area contributed by atoms with Crippen LogP contribution in [0.5, 0.6) is 0 Å². The number of carbonyl (C=O) groups is 2. The molecule has 1 aliphatic heterocycles. The molecule has 144 valence electrons. The first kappa shape index (κ1) is 18.3. The average molecular weight is 376 g/mol. The van der Waals surface area contributed by atoms with Gasteiger partial charge in [-0.25, -0.2) is 0 Å². The number of carbonyl (C=O) groups excluding carboxylic acids is 2. The monoisotopic (exact) mass is 376 g/mol. The normalized spacial score (nSPS) is 15.1. The van der Waals surface area contributed by atoms with Crippen LogP contribution in [-0.2, 0) is 9.59 Å². The highest BCUT2D eigenvalue weighted by molar-refractivity contribution is 5.80. The van der Waals surface area contributed by atoms with Gasteiger partial charge in [-0.2, -0.15) is 0 Å². The average Bonchev–Trinajstić information content (AvgIpc) is 3.33. The first-order valence-corrected chi connectivity index (χ1v) is 9.81. The highest BCUT2D eigenvalue weighted by Gasteiger charge is 2.22. The fourth-order valence-corrected chi connectivity index (χ4v) is 3.71. The minimum Gasteiger partial charge on any atom is -0.459 e. The third kappa shape index (κ3) is 4.09. The summed E-state index contributed by atoms with van der Waals surface area (Å²) in [6, 6.07) is 19.3. The van der Waals surface area contributed by atoms with Gasteiger partial charge in [-0.15, -0.1) is 0 Å². The van der Waals surface area contributed by atoms with Gasteiger partial charge < -0.3 is 14.6 Å². The highest BCUT2D eigenvalue weighted by Crippen LogP contribution is 2.28. The summed E-state index contributed by atoms with van der Waals surface area (Å²) in [7, 11) is 0. The second-order valence-corrected chi connectivity index (χ2v) is 7.19. The lowest BCUT2D eigenvalue weighted by Crippen LogP contribution is -2.31. The molecular formula is C23H24N2O3. The molecule has 1 aliphatic rings. The standard InChI is InChI=1S/C23H24N2O3/c26-21(12-6-14-25-15-7-13-22(25)27)24-23(17-8-2-1-3-9-17)20-16-18-10-4-5-11-19(18)28-20/h1-5,8-11,16,23H,6-7,12-15H2,(H,24,26). The van der Waals surface area contributed by atoms with E-state index >= 15 is 0 Å². The molecule has 1 N–H and O–H groups in total.